The molecule has 1 aliphatic rings. The largest absolute Gasteiger partial charge is 0.465 e. The number of nitrogens with zero attached hydrogens (tertiary/aromatic N) is 1. The van der Waals surface area contributed by atoms with Crippen molar-refractivity contribution in [2.24, 2.45) is 11.8 Å². The second-order valence-corrected chi connectivity index (χ2v) is 3.17. The monoisotopic (exact) mass is 173 g/mol. The predicted octanol–water partition coefficient (Wildman–Crippen LogP) is -0.160. The van der Waals surface area contributed by atoms with Crippen LogP contribution in [0.3, 0.4) is 0 Å². The zero-order chi connectivity index (χ0) is 8.97. The molecule has 1 amide bonds. The van der Waals surface area contributed by atoms with Gasteiger partial charge in [0.15, 0.2) is 0 Å². The topological polar surface area (TPSA) is 78.6 Å². The minimum atomic E-state index is -0.940. The number of hydrogen-bond donors (Lipinski definition) is 3. The van der Waals surface area contributed by atoms with Crippen LogP contribution in [0.4, 0.5) is 4.79 Å². The molecule has 0 unspecified atom stereocenters. The number of hydrogen-bond acceptors (Lipinski definition) is 3. The average molecular weight is 173 g/mol. The summed E-state index contributed by atoms with van der Waals surface area (Å²) in [5, 5.41) is 12.5. The van der Waals surface area contributed by atoms with Crippen molar-refractivity contribution in [2.75, 3.05) is 19.6 Å². The molecule has 0 aliphatic carbocycles. The molecule has 70 valence electrons. The summed E-state index contributed by atoms with van der Waals surface area (Å²) in [4.78, 5) is 10.2. The molecule has 5 heteroatoms. The van der Waals surface area contributed by atoms with E-state index in [1.54, 1.807) is 5.01 Å². The second-order valence-electron chi connectivity index (χ2n) is 3.17. The van der Waals surface area contributed by atoms with Crippen molar-refractivity contribution in [3.63, 3.8) is 0 Å². The van der Waals surface area contributed by atoms with E-state index < -0.39 is 6.09 Å². The number of nitrogens with one attached hydrogen (secondary N) is 1. The molecule has 1 rings (SSSR count). The van der Waals surface area contributed by atoms with Gasteiger partial charge in [-0.3, -0.25) is 5.84 Å². The molecule has 0 spiro atoms. The molecule has 5 nitrogen and oxygen atoms in total. The smallest absolute Gasteiger partial charge is 0.404 e. The van der Waals surface area contributed by atoms with Crippen molar-refractivity contribution in [1.82, 2.24) is 10.3 Å². The van der Waals surface area contributed by atoms with Crippen LogP contribution in [-0.2, 0) is 0 Å². The van der Waals surface area contributed by atoms with Crippen LogP contribution in [0, 0.1) is 5.92 Å². The molecule has 0 aromatic carbocycles. The number of rotatable bonds is 2. The summed E-state index contributed by atoms with van der Waals surface area (Å²) < 4.78 is 0. The van der Waals surface area contributed by atoms with Crippen LogP contribution in [0.2, 0.25) is 0 Å². The van der Waals surface area contributed by atoms with E-state index in [4.69, 9.17) is 10.9 Å². The van der Waals surface area contributed by atoms with Crippen molar-refractivity contribution in [2.45, 2.75) is 12.8 Å². The predicted molar refractivity (Wildman–Crippen MR) is 44.5 cm³/mol. The summed E-state index contributed by atoms with van der Waals surface area (Å²) in [6.07, 6.45) is 1.03. The molecular formula is C7H15N3O2. The minimum absolute atomic E-state index is 0.459. The molecule has 0 saturated carbocycles. The van der Waals surface area contributed by atoms with Crippen molar-refractivity contribution in [1.29, 1.82) is 0 Å². The number of amides is 1. The van der Waals surface area contributed by atoms with Crippen molar-refractivity contribution in [3.05, 3.63) is 0 Å². The van der Waals surface area contributed by atoms with Crippen molar-refractivity contribution >= 4 is 6.09 Å². The summed E-state index contributed by atoms with van der Waals surface area (Å²) in [5.41, 5.74) is 0. The van der Waals surface area contributed by atoms with Gasteiger partial charge in [-0.1, -0.05) is 0 Å². The first kappa shape index (κ1) is 9.28. The van der Waals surface area contributed by atoms with Gasteiger partial charge in [-0.2, -0.15) is 0 Å². The third-order valence-electron chi connectivity index (χ3n) is 2.19. The third-order valence-corrected chi connectivity index (χ3v) is 2.19. The molecule has 0 atom stereocenters. The number of hydrazine groups is 1. The van der Waals surface area contributed by atoms with Crippen LogP contribution in [0.15, 0.2) is 0 Å². The highest BCUT2D eigenvalue weighted by molar-refractivity contribution is 5.64. The highest BCUT2D eigenvalue weighted by Crippen LogP contribution is 2.13. The Morgan fingerprint density at radius 2 is 2.17 bits per heavy atom. The Morgan fingerprint density at radius 3 is 2.67 bits per heavy atom. The SMILES string of the molecule is NN1CCC(CNC(=O)O)CC1. The Kier molecular flexibility index (Phi) is 3.31. The Labute approximate surface area is 71.5 Å². The van der Waals surface area contributed by atoms with E-state index >= 15 is 0 Å². The summed E-state index contributed by atoms with van der Waals surface area (Å²) in [7, 11) is 0. The molecule has 12 heavy (non-hydrogen) atoms. The van der Waals surface area contributed by atoms with E-state index in [-0.39, 0.29) is 0 Å². The first-order chi connectivity index (χ1) is 5.68. The maximum Gasteiger partial charge on any atom is 0.404 e. The maximum absolute atomic E-state index is 10.2. The summed E-state index contributed by atoms with van der Waals surface area (Å²) in [6, 6.07) is 0. The normalized spacial score (nSPS) is 20.8. The van der Waals surface area contributed by atoms with Crippen LogP contribution >= 0.6 is 0 Å². The van der Waals surface area contributed by atoms with Crippen LogP contribution < -0.4 is 11.2 Å². The van der Waals surface area contributed by atoms with Crippen LogP contribution in [0.5, 0.6) is 0 Å². The molecule has 1 saturated heterocycles. The van der Waals surface area contributed by atoms with Gasteiger partial charge in [0.25, 0.3) is 0 Å². The fourth-order valence-corrected chi connectivity index (χ4v) is 1.39. The summed E-state index contributed by atoms with van der Waals surface area (Å²) in [6.45, 7) is 2.29. The number of carbonyl (C=O) groups is 1. The molecular weight excluding hydrogens is 158 g/mol. The first-order valence-corrected chi connectivity index (χ1v) is 4.15. The molecule has 1 heterocycles. The quantitative estimate of drug-likeness (QED) is 0.507. The molecule has 4 N–H and O–H groups in total. The van der Waals surface area contributed by atoms with Gasteiger partial charge in [-0.25, -0.2) is 9.80 Å². The molecule has 0 bridgehead atoms. The molecule has 1 aliphatic heterocycles. The summed E-state index contributed by atoms with van der Waals surface area (Å²) in [5.74, 6) is 6.01. The Bertz CT molecular complexity index is 155. The molecule has 1 fully saturated rings. The van der Waals surface area contributed by atoms with E-state index in [9.17, 15) is 4.79 Å². The van der Waals surface area contributed by atoms with Gasteiger partial charge in [0, 0.05) is 19.6 Å². The standard InChI is InChI=1S/C7H15N3O2/c8-10-3-1-6(2-4-10)5-9-7(11)12/h6,9H,1-5,8H2,(H,11,12). The first-order valence-electron chi connectivity index (χ1n) is 4.15. The van der Waals surface area contributed by atoms with Crippen LogP contribution in [0.1, 0.15) is 12.8 Å². The van der Waals surface area contributed by atoms with Crippen molar-refractivity contribution in [3.8, 4) is 0 Å². The molecule has 0 radical (unpaired) electrons. The Hall–Kier alpha value is -0.810. The highest BCUT2D eigenvalue weighted by Gasteiger charge is 2.16. The lowest BCUT2D eigenvalue weighted by atomic mass is 9.98. The van der Waals surface area contributed by atoms with Gasteiger partial charge >= 0.3 is 6.09 Å². The lowest BCUT2D eigenvalue weighted by Crippen LogP contribution is -2.41. The van der Waals surface area contributed by atoms with Crippen LogP contribution in [0.25, 0.3) is 0 Å². The number of carboxylic acid groups (broad SMARTS) is 1. The van der Waals surface area contributed by atoms with Gasteiger partial charge in [0.1, 0.15) is 0 Å². The van der Waals surface area contributed by atoms with E-state index in [1.807, 2.05) is 0 Å². The fourth-order valence-electron chi connectivity index (χ4n) is 1.39. The molecule has 0 aromatic heterocycles. The van der Waals surface area contributed by atoms with E-state index in [2.05, 4.69) is 5.32 Å². The fraction of sp³-hybridized carbons (Fsp3) is 0.857. The second kappa shape index (κ2) is 4.27. The number of piperidine rings is 1. The molecule has 0 aromatic rings. The minimum Gasteiger partial charge on any atom is -0.465 e. The van der Waals surface area contributed by atoms with Gasteiger partial charge in [-0.15, -0.1) is 0 Å². The van der Waals surface area contributed by atoms with E-state index in [1.165, 1.54) is 0 Å². The van der Waals surface area contributed by atoms with E-state index in [0.717, 1.165) is 25.9 Å². The Morgan fingerprint density at radius 1 is 1.58 bits per heavy atom. The van der Waals surface area contributed by atoms with Gasteiger partial charge in [-0.05, 0) is 18.8 Å². The van der Waals surface area contributed by atoms with Crippen LogP contribution in [-0.4, -0.2) is 35.8 Å². The third kappa shape index (κ3) is 3.06. The van der Waals surface area contributed by atoms with E-state index in [0.29, 0.717) is 12.5 Å². The zero-order valence-electron chi connectivity index (χ0n) is 6.99. The lowest BCUT2D eigenvalue weighted by molar-refractivity contribution is 0.172. The maximum atomic E-state index is 10.2. The lowest BCUT2D eigenvalue weighted by Gasteiger charge is -2.28. The van der Waals surface area contributed by atoms with Gasteiger partial charge < -0.3 is 10.4 Å². The Balaban J connectivity index is 2.13. The zero-order valence-corrected chi connectivity index (χ0v) is 6.99. The summed E-state index contributed by atoms with van der Waals surface area (Å²) >= 11 is 0. The van der Waals surface area contributed by atoms with Crippen molar-refractivity contribution < 1.29 is 9.90 Å². The van der Waals surface area contributed by atoms with Gasteiger partial charge in [0.2, 0.25) is 0 Å². The average Bonchev–Trinajstić information content (AvgIpc) is 2.03. The van der Waals surface area contributed by atoms with Gasteiger partial charge in [0.05, 0.1) is 0 Å². The highest BCUT2D eigenvalue weighted by atomic mass is 16.4. The number of nitrogens with two attached hydrogens (primary N) is 1.